The molecule has 0 unspecified atom stereocenters. The summed E-state index contributed by atoms with van der Waals surface area (Å²) in [4.78, 5) is 17.2. The van der Waals surface area contributed by atoms with Crippen LogP contribution in [0, 0.1) is 13.8 Å². The molecule has 1 aromatic rings. The van der Waals surface area contributed by atoms with Crippen LogP contribution in [0.2, 0.25) is 0 Å². The van der Waals surface area contributed by atoms with E-state index in [1.807, 2.05) is 38.9 Å². The topological polar surface area (TPSA) is 48.1 Å². The van der Waals surface area contributed by atoms with Gasteiger partial charge >= 0.3 is 0 Å². The maximum atomic E-state index is 12.0. The summed E-state index contributed by atoms with van der Waals surface area (Å²) in [5.41, 5.74) is 2.82. The van der Waals surface area contributed by atoms with Gasteiger partial charge < -0.3 is 10.3 Å². The molecule has 0 fully saturated rings. The molecule has 0 saturated carbocycles. The lowest BCUT2D eigenvalue weighted by Crippen LogP contribution is -2.31. The average Bonchev–Trinajstić information content (AvgIpc) is 2.54. The van der Waals surface area contributed by atoms with Crippen LogP contribution in [0.15, 0.2) is 6.07 Å². The van der Waals surface area contributed by atoms with E-state index in [-0.39, 0.29) is 5.78 Å². The van der Waals surface area contributed by atoms with Gasteiger partial charge in [-0.25, -0.2) is 0 Å². The summed E-state index contributed by atoms with van der Waals surface area (Å²) in [6.07, 6.45) is 0. The normalized spacial score (nSPS) is 11.1. The number of nitrogens with one attached hydrogen (secondary N) is 2. The monoisotopic (exact) mass is 223 g/mol. The number of Topliss-reactive ketones (excluding diaryl/α,β-unsaturated/α-hetero) is 1. The van der Waals surface area contributed by atoms with Gasteiger partial charge in [-0.3, -0.25) is 9.69 Å². The molecule has 0 aliphatic rings. The number of H-pyrrole nitrogens is 1. The Bertz CT molecular complexity index is 357. The minimum Gasteiger partial charge on any atom is -0.362 e. The van der Waals surface area contributed by atoms with Crippen molar-refractivity contribution in [2.45, 2.75) is 13.8 Å². The molecular weight excluding hydrogens is 202 g/mol. The number of likely N-dealkylation sites (N-methyl/N-ethyl adjacent to an activating group) is 2. The molecule has 90 valence electrons. The lowest BCUT2D eigenvalue weighted by Gasteiger charge is -2.14. The van der Waals surface area contributed by atoms with Crippen molar-refractivity contribution in [3.05, 3.63) is 23.0 Å². The third-order valence-corrected chi connectivity index (χ3v) is 2.61. The number of hydrogen-bond donors (Lipinski definition) is 2. The molecule has 1 heterocycles. The first-order valence-corrected chi connectivity index (χ1v) is 5.57. The van der Waals surface area contributed by atoms with E-state index in [9.17, 15) is 4.79 Å². The van der Waals surface area contributed by atoms with Crippen molar-refractivity contribution in [3.8, 4) is 0 Å². The van der Waals surface area contributed by atoms with Crippen LogP contribution in [0.3, 0.4) is 0 Å². The molecule has 0 aliphatic carbocycles. The quantitative estimate of drug-likeness (QED) is 0.706. The highest BCUT2D eigenvalue weighted by atomic mass is 16.1. The van der Waals surface area contributed by atoms with E-state index in [1.54, 1.807) is 0 Å². The Kier molecular flexibility index (Phi) is 4.71. The average molecular weight is 223 g/mol. The number of aryl methyl sites for hydroxylation is 2. The van der Waals surface area contributed by atoms with Crippen molar-refractivity contribution in [3.63, 3.8) is 0 Å². The highest BCUT2D eigenvalue weighted by molar-refractivity contribution is 5.98. The fraction of sp³-hybridized carbons (Fsp3) is 0.583. The van der Waals surface area contributed by atoms with Crippen LogP contribution in [0.1, 0.15) is 21.7 Å². The zero-order valence-electron chi connectivity index (χ0n) is 10.6. The summed E-state index contributed by atoms with van der Waals surface area (Å²) in [7, 11) is 3.87. The van der Waals surface area contributed by atoms with E-state index in [4.69, 9.17) is 0 Å². The summed E-state index contributed by atoms with van der Waals surface area (Å²) in [5.74, 6) is 0.181. The fourth-order valence-corrected chi connectivity index (χ4v) is 1.73. The van der Waals surface area contributed by atoms with Crippen LogP contribution >= 0.6 is 0 Å². The molecule has 1 aromatic heterocycles. The number of aromatic nitrogens is 1. The summed E-state index contributed by atoms with van der Waals surface area (Å²) in [6.45, 7) is 6.15. The lowest BCUT2D eigenvalue weighted by atomic mass is 10.1. The van der Waals surface area contributed by atoms with Gasteiger partial charge in [0.15, 0.2) is 5.78 Å². The Balaban J connectivity index is 2.55. The van der Waals surface area contributed by atoms with Crippen molar-refractivity contribution in [2.75, 3.05) is 33.7 Å². The predicted octanol–water partition coefficient (Wildman–Crippen LogP) is 0.965. The number of aromatic amines is 1. The molecule has 1 rings (SSSR count). The Hall–Kier alpha value is -1.13. The second-order valence-electron chi connectivity index (χ2n) is 4.26. The Morgan fingerprint density at radius 3 is 2.69 bits per heavy atom. The summed E-state index contributed by atoms with van der Waals surface area (Å²) < 4.78 is 0. The van der Waals surface area contributed by atoms with Crippen LogP contribution < -0.4 is 5.32 Å². The van der Waals surface area contributed by atoms with Crippen LogP contribution in [0.25, 0.3) is 0 Å². The minimum atomic E-state index is 0.181. The Morgan fingerprint density at radius 1 is 1.50 bits per heavy atom. The molecular formula is C12H21N3O. The number of rotatable bonds is 6. The van der Waals surface area contributed by atoms with Crippen LogP contribution in [0.5, 0.6) is 0 Å². The van der Waals surface area contributed by atoms with Crippen molar-refractivity contribution in [1.29, 1.82) is 0 Å². The summed E-state index contributed by atoms with van der Waals surface area (Å²) in [6, 6.07) is 1.92. The second kappa shape index (κ2) is 5.82. The van der Waals surface area contributed by atoms with E-state index in [0.717, 1.165) is 30.0 Å². The predicted molar refractivity (Wildman–Crippen MR) is 66.0 cm³/mol. The van der Waals surface area contributed by atoms with Gasteiger partial charge in [0.2, 0.25) is 0 Å². The Morgan fingerprint density at radius 2 is 2.19 bits per heavy atom. The van der Waals surface area contributed by atoms with Crippen LogP contribution in [0.4, 0.5) is 0 Å². The van der Waals surface area contributed by atoms with Gasteiger partial charge in [-0.05, 0) is 34.0 Å². The van der Waals surface area contributed by atoms with Gasteiger partial charge in [-0.2, -0.15) is 0 Å². The minimum absolute atomic E-state index is 0.181. The van der Waals surface area contributed by atoms with E-state index in [0.29, 0.717) is 6.54 Å². The lowest BCUT2D eigenvalue weighted by molar-refractivity contribution is 0.0946. The number of carbonyl (C=O) groups excluding carboxylic acids is 1. The Labute approximate surface area is 97.0 Å². The van der Waals surface area contributed by atoms with E-state index in [1.165, 1.54) is 0 Å². The first-order valence-electron chi connectivity index (χ1n) is 5.57. The first kappa shape index (κ1) is 12.9. The van der Waals surface area contributed by atoms with Crippen molar-refractivity contribution < 1.29 is 4.79 Å². The van der Waals surface area contributed by atoms with E-state index in [2.05, 4.69) is 10.3 Å². The highest BCUT2D eigenvalue weighted by Gasteiger charge is 2.13. The third-order valence-electron chi connectivity index (χ3n) is 2.61. The SMILES string of the molecule is CNCCN(C)CC(=O)c1cc(C)[nH]c1C. The molecule has 4 heteroatoms. The molecule has 0 amide bonds. The fourth-order valence-electron chi connectivity index (χ4n) is 1.73. The number of nitrogens with zero attached hydrogens (tertiary/aromatic N) is 1. The van der Waals surface area contributed by atoms with Gasteiger partial charge in [0.25, 0.3) is 0 Å². The van der Waals surface area contributed by atoms with Crippen molar-refractivity contribution >= 4 is 5.78 Å². The highest BCUT2D eigenvalue weighted by Crippen LogP contribution is 2.10. The summed E-state index contributed by atoms with van der Waals surface area (Å²) in [5, 5.41) is 3.07. The van der Waals surface area contributed by atoms with Gasteiger partial charge in [0.1, 0.15) is 0 Å². The molecule has 0 spiro atoms. The van der Waals surface area contributed by atoms with E-state index >= 15 is 0 Å². The standard InChI is InChI=1S/C12H21N3O/c1-9-7-11(10(2)14-9)12(16)8-15(4)6-5-13-3/h7,13-14H,5-6,8H2,1-4H3. The van der Waals surface area contributed by atoms with Crippen LogP contribution in [-0.2, 0) is 0 Å². The van der Waals surface area contributed by atoms with Crippen molar-refractivity contribution in [1.82, 2.24) is 15.2 Å². The van der Waals surface area contributed by atoms with Gasteiger partial charge in [0, 0.05) is 30.0 Å². The molecule has 0 aromatic carbocycles. The molecule has 4 nitrogen and oxygen atoms in total. The molecule has 2 N–H and O–H groups in total. The maximum Gasteiger partial charge on any atom is 0.178 e. The molecule has 16 heavy (non-hydrogen) atoms. The molecule has 0 bridgehead atoms. The number of ketones is 1. The zero-order valence-corrected chi connectivity index (χ0v) is 10.6. The zero-order chi connectivity index (χ0) is 12.1. The second-order valence-corrected chi connectivity index (χ2v) is 4.26. The maximum absolute atomic E-state index is 12.0. The largest absolute Gasteiger partial charge is 0.362 e. The number of hydrogen-bond acceptors (Lipinski definition) is 3. The smallest absolute Gasteiger partial charge is 0.178 e. The molecule has 0 saturated heterocycles. The third kappa shape index (κ3) is 3.47. The molecule has 0 aliphatic heterocycles. The van der Waals surface area contributed by atoms with E-state index < -0.39 is 0 Å². The number of carbonyl (C=O) groups is 1. The first-order chi connectivity index (χ1) is 7.54. The van der Waals surface area contributed by atoms with Gasteiger partial charge in [-0.1, -0.05) is 0 Å². The van der Waals surface area contributed by atoms with Crippen molar-refractivity contribution in [2.24, 2.45) is 0 Å². The molecule has 0 radical (unpaired) electrons. The molecule has 0 atom stereocenters. The van der Waals surface area contributed by atoms with Crippen LogP contribution in [-0.4, -0.2) is 49.4 Å². The van der Waals surface area contributed by atoms with Gasteiger partial charge in [-0.15, -0.1) is 0 Å². The summed E-state index contributed by atoms with van der Waals surface area (Å²) >= 11 is 0. The van der Waals surface area contributed by atoms with Gasteiger partial charge in [0.05, 0.1) is 6.54 Å².